The van der Waals surface area contributed by atoms with Crippen molar-refractivity contribution in [1.29, 1.82) is 10.5 Å². The maximum Gasteiger partial charge on any atom is 0.355 e. The molecule has 14 nitrogen and oxygen atoms in total. The molecule has 1 aromatic carbocycles. The van der Waals surface area contributed by atoms with Gasteiger partial charge in [-0.25, -0.2) is 23.7 Å². The first kappa shape index (κ1) is 34.8. The Kier molecular flexibility index (Phi) is 9.96. The molecule has 0 saturated heterocycles. The molecule has 2 N–H and O–H groups in total. The number of aromatic nitrogens is 8. The second-order valence-electron chi connectivity index (χ2n) is 11.8. The lowest BCUT2D eigenvalue weighted by atomic mass is 9.95. The van der Waals surface area contributed by atoms with Gasteiger partial charge in [0, 0.05) is 61.1 Å². The van der Waals surface area contributed by atoms with Gasteiger partial charge in [0.2, 0.25) is 0 Å². The lowest BCUT2D eigenvalue weighted by Gasteiger charge is -2.22. The van der Waals surface area contributed by atoms with Crippen LogP contribution in [0.3, 0.4) is 0 Å². The molecule has 2 bridgehead atoms. The third-order valence-corrected chi connectivity index (χ3v) is 8.54. The van der Waals surface area contributed by atoms with Crippen molar-refractivity contribution in [2.75, 3.05) is 12.8 Å². The monoisotopic (exact) mass is 696 g/mol. The van der Waals surface area contributed by atoms with Crippen molar-refractivity contribution in [3.05, 3.63) is 130 Å². The van der Waals surface area contributed by atoms with Gasteiger partial charge in [-0.2, -0.15) is 25.7 Å². The number of aliphatic imine (C=N–C) groups is 1. The first-order valence-corrected chi connectivity index (χ1v) is 16.2. The highest BCUT2D eigenvalue weighted by Gasteiger charge is 2.27. The van der Waals surface area contributed by atoms with E-state index < -0.39 is 23.5 Å². The normalized spacial score (nSPS) is 14.5. The highest BCUT2D eigenvalue weighted by molar-refractivity contribution is 5.75. The van der Waals surface area contributed by atoms with Crippen molar-refractivity contribution in [2.24, 2.45) is 12.0 Å². The van der Waals surface area contributed by atoms with E-state index in [1.54, 1.807) is 44.1 Å². The molecule has 0 spiro atoms. The van der Waals surface area contributed by atoms with Gasteiger partial charge in [0.05, 0.1) is 30.0 Å². The van der Waals surface area contributed by atoms with Crippen LogP contribution in [0.2, 0.25) is 0 Å². The topological polar surface area (TPSA) is 191 Å². The number of allylic oxidation sites excluding steroid dienone is 5. The van der Waals surface area contributed by atoms with Crippen LogP contribution in [0.4, 0.5) is 10.2 Å². The molecule has 0 amide bonds. The maximum atomic E-state index is 14.6. The molecule has 15 heteroatoms. The maximum absolute atomic E-state index is 14.6. The Balaban J connectivity index is 1.48. The molecular formula is C37H33FN12O2. The number of hydrogen-bond acceptors (Lipinski definition) is 11. The molecule has 0 aliphatic carbocycles. The van der Waals surface area contributed by atoms with E-state index in [4.69, 9.17) is 15.6 Å². The molecule has 5 aromatic rings. The van der Waals surface area contributed by atoms with Crippen molar-refractivity contribution >= 4 is 12.0 Å². The summed E-state index contributed by atoms with van der Waals surface area (Å²) in [6.45, 7) is 5.57. The average Bonchev–Trinajstić information content (AvgIpc) is 3.64. The van der Waals surface area contributed by atoms with Crippen LogP contribution in [0, 0.1) is 28.5 Å². The van der Waals surface area contributed by atoms with E-state index in [1.807, 2.05) is 24.3 Å². The summed E-state index contributed by atoms with van der Waals surface area (Å²) in [5, 5.41) is 30.0. The average molecular weight is 697 g/mol. The molecule has 52 heavy (non-hydrogen) atoms. The molecule has 0 saturated carbocycles. The van der Waals surface area contributed by atoms with Crippen LogP contribution in [0.5, 0.6) is 5.75 Å². The van der Waals surface area contributed by atoms with E-state index in [9.17, 15) is 19.7 Å². The summed E-state index contributed by atoms with van der Waals surface area (Å²) >= 11 is 0. The molecule has 4 aromatic heterocycles. The second-order valence-corrected chi connectivity index (χ2v) is 11.8. The Morgan fingerprint density at radius 1 is 1.17 bits per heavy atom. The summed E-state index contributed by atoms with van der Waals surface area (Å²) in [4.78, 5) is 30.2. The Hall–Kier alpha value is -7.00. The van der Waals surface area contributed by atoms with Crippen molar-refractivity contribution in [2.45, 2.75) is 38.3 Å². The number of nitrogens with zero attached hydrogens (tertiary/aromatic N) is 11. The number of nitriles is 2. The molecular weight excluding hydrogens is 663 g/mol. The predicted octanol–water partition coefficient (Wildman–Crippen LogP) is 4.45. The fourth-order valence-corrected chi connectivity index (χ4v) is 6.26. The third-order valence-electron chi connectivity index (χ3n) is 8.54. The fraction of sp³-hybridized carbons (Fsp3) is 0.216. The van der Waals surface area contributed by atoms with Gasteiger partial charge in [0.25, 0.3) is 0 Å². The van der Waals surface area contributed by atoms with Gasteiger partial charge in [-0.3, -0.25) is 14.4 Å². The summed E-state index contributed by atoms with van der Waals surface area (Å²) < 4.78 is 25.2. The predicted molar refractivity (Wildman–Crippen MR) is 191 cm³/mol. The van der Waals surface area contributed by atoms with Gasteiger partial charge in [-0.15, -0.1) is 0 Å². The zero-order valence-corrected chi connectivity index (χ0v) is 28.6. The van der Waals surface area contributed by atoms with Crippen LogP contribution in [0.15, 0.2) is 83.5 Å². The molecule has 1 aliphatic heterocycles. The number of halogens is 1. The summed E-state index contributed by atoms with van der Waals surface area (Å²) in [6.07, 6.45) is 13.2. The van der Waals surface area contributed by atoms with E-state index in [1.165, 1.54) is 33.6 Å². The lowest BCUT2D eigenvalue weighted by molar-refractivity contribution is 0.227. The van der Waals surface area contributed by atoms with E-state index in [0.717, 1.165) is 6.33 Å². The molecule has 0 radical (unpaired) electrons. The number of nitrogen functional groups attached to an aromatic ring is 1. The zero-order valence-electron chi connectivity index (χ0n) is 28.6. The smallest absolute Gasteiger partial charge is 0.355 e. The van der Waals surface area contributed by atoms with Gasteiger partial charge < -0.3 is 10.5 Å². The Bertz CT molecular complexity index is 2420. The number of rotatable bonds is 8. The number of hydrogen-bond donors (Lipinski definition) is 1. The number of nitrogens with two attached hydrogens (primary N) is 1. The molecule has 2 atom stereocenters. The van der Waals surface area contributed by atoms with E-state index in [-0.39, 0.29) is 36.1 Å². The minimum atomic E-state index is -0.785. The summed E-state index contributed by atoms with van der Waals surface area (Å²) in [5.74, 6) is -0.401. The van der Waals surface area contributed by atoms with Gasteiger partial charge in [0.1, 0.15) is 47.6 Å². The van der Waals surface area contributed by atoms with Gasteiger partial charge >= 0.3 is 5.69 Å². The number of pyridine rings is 1. The first-order chi connectivity index (χ1) is 25.2. The number of ether oxygens (including phenoxy) is 1. The Morgan fingerprint density at radius 3 is 2.73 bits per heavy atom. The van der Waals surface area contributed by atoms with Crippen LogP contribution in [-0.2, 0) is 26.4 Å². The van der Waals surface area contributed by atoms with Gasteiger partial charge in [-0.1, -0.05) is 37.0 Å². The molecule has 6 rings (SSSR count). The second kappa shape index (κ2) is 14.9. The van der Waals surface area contributed by atoms with Crippen molar-refractivity contribution < 1.29 is 9.13 Å². The quantitative estimate of drug-likeness (QED) is 0.138. The van der Waals surface area contributed by atoms with Crippen LogP contribution >= 0.6 is 0 Å². The molecule has 0 fully saturated rings. The summed E-state index contributed by atoms with van der Waals surface area (Å²) in [5.41, 5.74) is 9.65. The third kappa shape index (κ3) is 6.63. The van der Waals surface area contributed by atoms with Crippen molar-refractivity contribution in [1.82, 2.24) is 39.1 Å². The SMILES string of the molecule is C=C/C=C/Cc1nn(C)c(C#N)c1C(C=NC)/C=C/Cn1nc2c(c1C#N)-c1cnc(N)c(c1)OC(C)c1cc(F)ccc1-n1c(ncnc1=O)C2. The standard InChI is InChI=1S/C37H33FN12O2/c1-5-6-7-10-27-34(30(17-39)48(4)46-27)23(19-42-3)9-8-13-49-31(18-40)35-24-14-32(36(41)43-20-24)52-22(2)26-15-25(38)11-12-29(26)50-33(16-28(35)47-49)44-21-45-37(50)51/h5-9,11-12,14-15,19-23H,1,10,13,16H2,2-4H3,(H2,41,43)/b7-6+,9-8+,42-19?. The van der Waals surface area contributed by atoms with Gasteiger partial charge in [-0.05, 0) is 31.2 Å². The van der Waals surface area contributed by atoms with Crippen LogP contribution in [0.25, 0.3) is 16.8 Å². The van der Waals surface area contributed by atoms with E-state index >= 15 is 0 Å². The summed E-state index contributed by atoms with van der Waals surface area (Å²) in [7, 11) is 3.37. The van der Waals surface area contributed by atoms with Crippen LogP contribution in [0.1, 0.15) is 58.7 Å². The minimum Gasteiger partial charge on any atom is -0.482 e. The number of aryl methyl sites for hydroxylation is 1. The van der Waals surface area contributed by atoms with E-state index in [2.05, 4.69) is 43.8 Å². The number of fused-ring (bicyclic) bond motifs is 7. The molecule has 5 heterocycles. The van der Waals surface area contributed by atoms with Crippen molar-refractivity contribution in [3.8, 4) is 34.7 Å². The van der Waals surface area contributed by atoms with Crippen molar-refractivity contribution in [3.63, 3.8) is 0 Å². The Morgan fingerprint density at radius 2 is 1.98 bits per heavy atom. The molecule has 1 aliphatic rings. The Labute approximate surface area is 298 Å². The number of benzene rings is 1. The summed E-state index contributed by atoms with van der Waals surface area (Å²) in [6, 6.07) is 10.2. The van der Waals surface area contributed by atoms with Crippen LogP contribution < -0.4 is 16.2 Å². The first-order valence-electron chi connectivity index (χ1n) is 16.2. The molecule has 2 unspecified atom stereocenters. The molecule has 260 valence electrons. The largest absolute Gasteiger partial charge is 0.482 e. The van der Waals surface area contributed by atoms with E-state index in [0.29, 0.717) is 51.4 Å². The van der Waals surface area contributed by atoms with Gasteiger partial charge in [0.15, 0.2) is 11.6 Å². The lowest BCUT2D eigenvalue weighted by Crippen LogP contribution is -2.27. The fourth-order valence-electron chi connectivity index (χ4n) is 6.26. The highest BCUT2D eigenvalue weighted by atomic mass is 19.1. The minimum absolute atomic E-state index is 0.00182. The number of anilines is 1. The highest BCUT2D eigenvalue weighted by Crippen LogP contribution is 2.36. The zero-order chi connectivity index (χ0) is 36.9. The van der Waals surface area contributed by atoms with Crippen LogP contribution in [-0.4, -0.2) is 52.3 Å².